The largest absolute Gasteiger partial charge is 0.490 e. The molecule has 4 rings (SSSR count). The molecule has 6 nitrogen and oxygen atoms in total. The number of aromatic nitrogens is 2. The third kappa shape index (κ3) is 6.78. The molecule has 1 heterocycles. The van der Waals surface area contributed by atoms with Gasteiger partial charge in [-0.2, -0.15) is 13.2 Å². The van der Waals surface area contributed by atoms with Gasteiger partial charge in [0.25, 0.3) is 0 Å². The molecule has 0 amide bonds. The van der Waals surface area contributed by atoms with Crippen LogP contribution in [0.5, 0.6) is 11.6 Å². The highest BCUT2D eigenvalue weighted by atomic mass is 19.4. The number of halogens is 3. The maximum absolute atomic E-state index is 10.6. The monoisotopic (exact) mass is 445 g/mol. The number of hydrogen-bond donors (Lipinski definition) is 2. The van der Waals surface area contributed by atoms with E-state index in [9.17, 15) is 13.2 Å². The molecule has 0 saturated carbocycles. The summed E-state index contributed by atoms with van der Waals surface area (Å²) >= 11 is 0. The van der Waals surface area contributed by atoms with E-state index in [0.717, 1.165) is 12.3 Å². The SMILES string of the molecule is O=C(O)C(F)(F)F.c1ccc2c(c1)CCCC2NCc1ccc(Oc2cnccn2)cc1. The highest BCUT2D eigenvalue weighted by Crippen LogP contribution is 2.29. The van der Waals surface area contributed by atoms with Crippen molar-refractivity contribution in [2.75, 3.05) is 0 Å². The first-order valence-electron chi connectivity index (χ1n) is 9.97. The van der Waals surface area contributed by atoms with Crippen LogP contribution in [0.15, 0.2) is 67.1 Å². The van der Waals surface area contributed by atoms with Crippen LogP contribution in [0.25, 0.3) is 0 Å². The molecule has 0 spiro atoms. The summed E-state index contributed by atoms with van der Waals surface area (Å²) in [7, 11) is 0. The van der Waals surface area contributed by atoms with Crippen LogP contribution in [-0.2, 0) is 17.8 Å². The van der Waals surface area contributed by atoms with Crippen molar-refractivity contribution in [2.24, 2.45) is 0 Å². The van der Waals surface area contributed by atoms with Crippen molar-refractivity contribution in [3.8, 4) is 11.6 Å². The van der Waals surface area contributed by atoms with Gasteiger partial charge in [-0.25, -0.2) is 9.78 Å². The van der Waals surface area contributed by atoms with Gasteiger partial charge in [-0.1, -0.05) is 36.4 Å². The van der Waals surface area contributed by atoms with E-state index in [4.69, 9.17) is 14.6 Å². The van der Waals surface area contributed by atoms with E-state index in [-0.39, 0.29) is 0 Å². The van der Waals surface area contributed by atoms with Gasteiger partial charge in [0.1, 0.15) is 5.75 Å². The molecule has 9 heteroatoms. The van der Waals surface area contributed by atoms with Crippen LogP contribution in [0.1, 0.15) is 35.6 Å². The first-order valence-corrected chi connectivity index (χ1v) is 9.97. The lowest BCUT2D eigenvalue weighted by Crippen LogP contribution is -2.24. The number of carboxylic acids is 1. The average Bonchev–Trinajstić information content (AvgIpc) is 2.79. The number of nitrogens with zero attached hydrogens (tertiary/aromatic N) is 2. The van der Waals surface area contributed by atoms with Crippen molar-refractivity contribution in [1.82, 2.24) is 15.3 Å². The molecule has 0 bridgehead atoms. The molecule has 1 aliphatic carbocycles. The van der Waals surface area contributed by atoms with E-state index in [2.05, 4.69) is 51.7 Å². The zero-order valence-corrected chi connectivity index (χ0v) is 17.0. The Labute approximate surface area is 183 Å². The lowest BCUT2D eigenvalue weighted by atomic mass is 9.87. The molecule has 0 radical (unpaired) electrons. The molecule has 1 aromatic heterocycles. The first-order chi connectivity index (χ1) is 15.3. The van der Waals surface area contributed by atoms with Gasteiger partial charge in [-0.05, 0) is 48.1 Å². The van der Waals surface area contributed by atoms with Crippen LogP contribution in [0.3, 0.4) is 0 Å². The number of alkyl halides is 3. The minimum atomic E-state index is -5.08. The molecule has 2 aromatic carbocycles. The smallest absolute Gasteiger partial charge is 0.475 e. The second-order valence-electron chi connectivity index (χ2n) is 7.12. The van der Waals surface area contributed by atoms with Crippen molar-refractivity contribution < 1.29 is 27.8 Å². The number of carbonyl (C=O) groups is 1. The predicted molar refractivity (Wildman–Crippen MR) is 111 cm³/mol. The lowest BCUT2D eigenvalue weighted by Gasteiger charge is -2.26. The molecule has 0 aliphatic heterocycles. The van der Waals surface area contributed by atoms with Crippen molar-refractivity contribution in [3.63, 3.8) is 0 Å². The number of aliphatic carboxylic acids is 1. The highest BCUT2D eigenvalue weighted by Gasteiger charge is 2.38. The third-order valence-electron chi connectivity index (χ3n) is 4.85. The van der Waals surface area contributed by atoms with E-state index in [0.29, 0.717) is 11.9 Å². The fourth-order valence-electron chi connectivity index (χ4n) is 3.34. The Morgan fingerprint density at radius 3 is 2.50 bits per heavy atom. The van der Waals surface area contributed by atoms with Gasteiger partial charge in [-0.15, -0.1) is 0 Å². The third-order valence-corrected chi connectivity index (χ3v) is 4.85. The maximum Gasteiger partial charge on any atom is 0.490 e. The summed E-state index contributed by atoms with van der Waals surface area (Å²) in [6.45, 7) is 0.852. The standard InChI is InChI=1S/C21H21N3O.C2HF3O2/c1-2-6-19-17(4-1)5-3-7-20(19)24-14-16-8-10-18(11-9-16)25-21-15-22-12-13-23-21;3-2(4,5)1(6)7/h1-2,4,6,8-13,15,20,24H,3,5,7,14H2;(H,6,7). The first kappa shape index (κ1) is 23.2. The minimum Gasteiger partial charge on any atom is -0.475 e. The molecule has 168 valence electrons. The van der Waals surface area contributed by atoms with Crippen molar-refractivity contribution in [1.29, 1.82) is 0 Å². The van der Waals surface area contributed by atoms with E-state index < -0.39 is 12.1 Å². The molecule has 2 N–H and O–H groups in total. The molecule has 1 atom stereocenters. The normalized spacial score (nSPS) is 15.2. The molecule has 1 unspecified atom stereocenters. The second kappa shape index (κ2) is 10.7. The number of benzene rings is 2. The van der Waals surface area contributed by atoms with Crippen LogP contribution >= 0.6 is 0 Å². The van der Waals surface area contributed by atoms with Gasteiger partial charge in [0.2, 0.25) is 5.88 Å². The van der Waals surface area contributed by atoms with Crippen molar-refractivity contribution in [2.45, 2.75) is 38.0 Å². The molecule has 1 aliphatic rings. The second-order valence-corrected chi connectivity index (χ2v) is 7.12. The molecule has 3 aromatic rings. The van der Waals surface area contributed by atoms with Crippen LogP contribution in [0, 0.1) is 0 Å². The van der Waals surface area contributed by atoms with Gasteiger partial charge in [0.05, 0.1) is 6.20 Å². The summed E-state index contributed by atoms with van der Waals surface area (Å²) in [5.74, 6) is -1.48. The molecule has 0 saturated heterocycles. The van der Waals surface area contributed by atoms with E-state index in [1.54, 1.807) is 18.6 Å². The van der Waals surface area contributed by atoms with Gasteiger partial charge < -0.3 is 15.2 Å². The quantitative estimate of drug-likeness (QED) is 0.571. The topological polar surface area (TPSA) is 84.3 Å². The van der Waals surface area contributed by atoms with Gasteiger partial charge in [-0.3, -0.25) is 4.98 Å². The number of nitrogens with one attached hydrogen (secondary N) is 1. The van der Waals surface area contributed by atoms with Gasteiger partial charge >= 0.3 is 12.1 Å². The van der Waals surface area contributed by atoms with Crippen LogP contribution in [0.4, 0.5) is 13.2 Å². The summed E-state index contributed by atoms with van der Waals surface area (Å²) in [5.41, 5.74) is 4.19. The fraction of sp³-hybridized carbons (Fsp3) is 0.261. The number of fused-ring (bicyclic) bond motifs is 1. The maximum atomic E-state index is 10.6. The minimum absolute atomic E-state index is 0.445. The van der Waals surface area contributed by atoms with Crippen molar-refractivity contribution in [3.05, 3.63) is 83.8 Å². The Hall–Kier alpha value is -3.46. The Kier molecular flexibility index (Phi) is 7.77. The number of ether oxygens (including phenoxy) is 1. The number of hydrogen-bond acceptors (Lipinski definition) is 5. The zero-order valence-electron chi connectivity index (χ0n) is 17.0. The van der Waals surface area contributed by atoms with Gasteiger partial charge in [0.15, 0.2) is 0 Å². The Morgan fingerprint density at radius 1 is 1.12 bits per heavy atom. The lowest BCUT2D eigenvalue weighted by molar-refractivity contribution is -0.192. The van der Waals surface area contributed by atoms with Crippen LogP contribution in [-0.4, -0.2) is 27.2 Å². The van der Waals surface area contributed by atoms with E-state index >= 15 is 0 Å². The molecular weight excluding hydrogens is 423 g/mol. The fourth-order valence-corrected chi connectivity index (χ4v) is 3.34. The van der Waals surface area contributed by atoms with Crippen LogP contribution in [0.2, 0.25) is 0 Å². The molecular formula is C23H22F3N3O3. The van der Waals surface area contributed by atoms with Gasteiger partial charge in [0, 0.05) is 25.0 Å². The zero-order chi connectivity index (χ0) is 23.0. The predicted octanol–water partition coefficient (Wildman–Crippen LogP) is 5.07. The average molecular weight is 445 g/mol. The molecule has 32 heavy (non-hydrogen) atoms. The summed E-state index contributed by atoms with van der Waals surface area (Å²) < 4.78 is 37.4. The van der Waals surface area contributed by atoms with Crippen LogP contribution < -0.4 is 10.1 Å². The summed E-state index contributed by atoms with van der Waals surface area (Å²) in [4.78, 5) is 17.0. The summed E-state index contributed by atoms with van der Waals surface area (Å²) in [6, 6.07) is 17.3. The Balaban J connectivity index is 0.000000360. The Bertz CT molecular complexity index is 1010. The number of carboxylic acid groups (broad SMARTS) is 1. The highest BCUT2D eigenvalue weighted by molar-refractivity contribution is 5.73. The van der Waals surface area contributed by atoms with E-state index in [1.807, 2.05) is 12.1 Å². The molecule has 0 fully saturated rings. The Morgan fingerprint density at radius 2 is 1.84 bits per heavy atom. The summed E-state index contributed by atoms with van der Waals surface area (Å²) in [6.07, 6.45) is 3.42. The van der Waals surface area contributed by atoms with Crippen molar-refractivity contribution >= 4 is 5.97 Å². The number of aryl methyl sites for hydroxylation is 1. The number of rotatable bonds is 5. The van der Waals surface area contributed by atoms with E-state index in [1.165, 1.54) is 36.0 Å². The summed E-state index contributed by atoms with van der Waals surface area (Å²) in [5, 5.41) is 10.8.